The van der Waals surface area contributed by atoms with E-state index in [9.17, 15) is 0 Å². The first-order chi connectivity index (χ1) is 5.74. The molecule has 0 spiro atoms. The van der Waals surface area contributed by atoms with Gasteiger partial charge < -0.3 is 16.0 Å². The predicted molar refractivity (Wildman–Crippen MR) is 58.3 cm³/mol. The van der Waals surface area contributed by atoms with Gasteiger partial charge in [0.25, 0.3) is 0 Å². The summed E-state index contributed by atoms with van der Waals surface area (Å²) >= 11 is 0. The molecule has 0 aliphatic rings. The Morgan fingerprint density at radius 1 is 1.64 bits per heavy atom. The highest BCUT2D eigenvalue weighted by Crippen LogP contribution is 2.11. The Bertz CT molecular complexity index is 258. The van der Waals surface area contributed by atoms with E-state index in [2.05, 4.69) is 10.4 Å². The average Bonchev–Trinajstić information content (AvgIpc) is 2.04. The number of nitrogens with zero attached hydrogens (tertiary/aromatic N) is 1. The van der Waals surface area contributed by atoms with Crippen molar-refractivity contribution in [3.8, 4) is 0 Å². The molecule has 1 rings (SSSR count). The number of hydrazine groups is 1. The van der Waals surface area contributed by atoms with Gasteiger partial charge in [0.1, 0.15) is 5.82 Å². The standard InChI is InChI=1S/C8H13N3O.ClH.H2O/c1-6(12)5-7-3-2-4-10-8(7)11-9;;/h2-4,6,12H,5,9H2,1H3,(H,10,11);1H;1H2. The van der Waals surface area contributed by atoms with Gasteiger partial charge in [0, 0.05) is 12.6 Å². The van der Waals surface area contributed by atoms with Crippen molar-refractivity contribution in [2.24, 2.45) is 5.84 Å². The van der Waals surface area contributed by atoms with Gasteiger partial charge in [0.15, 0.2) is 0 Å². The number of halogens is 1. The molecule has 0 saturated carbocycles. The Morgan fingerprint density at radius 3 is 2.79 bits per heavy atom. The van der Waals surface area contributed by atoms with Crippen molar-refractivity contribution in [1.29, 1.82) is 0 Å². The molecule has 14 heavy (non-hydrogen) atoms. The summed E-state index contributed by atoms with van der Waals surface area (Å²) in [6.07, 6.45) is 1.84. The number of aromatic nitrogens is 1. The number of anilines is 1. The zero-order valence-corrected chi connectivity index (χ0v) is 8.71. The molecule has 1 unspecified atom stereocenters. The molecule has 0 radical (unpaired) electrons. The molecule has 6 heteroatoms. The molecule has 0 aliphatic heterocycles. The van der Waals surface area contributed by atoms with E-state index in [-0.39, 0.29) is 24.0 Å². The van der Waals surface area contributed by atoms with Crippen LogP contribution in [0.4, 0.5) is 5.82 Å². The molecule has 1 heterocycles. The lowest BCUT2D eigenvalue weighted by atomic mass is 10.1. The number of aliphatic hydroxyl groups is 1. The fourth-order valence-electron chi connectivity index (χ4n) is 1.05. The molecule has 0 bridgehead atoms. The van der Waals surface area contributed by atoms with Crippen molar-refractivity contribution in [3.63, 3.8) is 0 Å². The fraction of sp³-hybridized carbons (Fsp3) is 0.375. The van der Waals surface area contributed by atoms with Gasteiger partial charge in [-0.2, -0.15) is 0 Å². The molecule has 1 aromatic heterocycles. The van der Waals surface area contributed by atoms with E-state index in [0.717, 1.165) is 5.56 Å². The lowest BCUT2D eigenvalue weighted by Crippen LogP contribution is -2.13. The minimum absolute atomic E-state index is 0. The predicted octanol–water partition coefficient (Wildman–Crippen LogP) is -0.112. The molecule has 0 aromatic carbocycles. The number of hydrogen-bond donors (Lipinski definition) is 3. The Labute approximate surface area is 89.0 Å². The van der Waals surface area contributed by atoms with E-state index < -0.39 is 0 Å². The van der Waals surface area contributed by atoms with Crippen LogP contribution in [0.25, 0.3) is 0 Å². The average molecular weight is 222 g/mol. The summed E-state index contributed by atoms with van der Waals surface area (Å²) in [5.74, 6) is 5.86. The molecular weight excluding hydrogens is 206 g/mol. The largest absolute Gasteiger partial charge is 0.412 e. The van der Waals surface area contributed by atoms with Gasteiger partial charge >= 0.3 is 0 Å². The van der Waals surface area contributed by atoms with Crippen LogP contribution in [0, 0.1) is 0 Å². The van der Waals surface area contributed by atoms with Crippen LogP contribution in [0.15, 0.2) is 18.3 Å². The van der Waals surface area contributed by atoms with E-state index in [0.29, 0.717) is 12.2 Å². The van der Waals surface area contributed by atoms with Gasteiger partial charge in [-0.1, -0.05) is 6.07 Å². The lowest BCUT2D eigenvalue weighted by molar-refractivity contribution is 0.195. The molecule has 5 nitrogen and oxygen atoms in total. The summed E-state index contributed by atoms with van der Waals surface area (Å²) in [7, 11) is 0. The number of nitrogen functional groups attached to an aromatic ring is 1. The number of nitrogens with one attached hydrogen (secondary N) is 1. The van der Waals surface area contributed by atoms with Crippen LogP contribution < -0.4 is 11.3 Å². The number of aliphatic hydroxyl groups excluding tert-OH is 1. The first-order valence-electron chi connectivity index (χ1n) is 3.82. The normalized spacial score (nSPS) is 10.8. The number of pyridine rings is 1. The second-order valence-corrected chi connectivity index (χ2v) is 2.71. The van der Waals surface area contributed by atoms with Crippen LogP contribution in [0.2, 0.25) is 0 Å². The van der Waals surface area contributed by atoms with Crippen molar-refractivity contribution in [3.05, 3.63) is 23.9 Å². The van der Waals surface area contributed by atoms with Crippen LogP contribution in [0.5, 0.6) is 0 Å². The smallest absolute Gasteiger partial charge is 0.143 e. The highest BCUT2D eigenvalue weighted by Gasteiger charge is 2.03. The zero-order chi connectivity index (χ0) is 8.97. The fourth-order valence-corrected chi connectivity index (χ4v) is 1.05. The summed E-state index contributed by atoms with van der Waals surface area (Å²) in [6, 6.07) is 3.70. The quantitative estimate of drug-likeness (QED) is 0.489. The van der Waals surface area contributed by atoms with Crippen molar-refractivity contribution >= 4 is 18.2 Å². The second-order valence-electron chi connectivity index (χ2n) is 2.71. The Kier molecular flexibility index (Phi) is 8.37. The van der Waals surface area contributed by atoms with Gasteiger partial charge in [0.05, 0.1) is 6.10 Å². The van der Waals surface area contributed by atoms with Crippen LogP contribution >= 0.6 is 12.4 Å². The van der Waals surface area contributed by atoms with Gasteiger partial charge in [-0.3, -0.25) is 0 Å². The van der Waals surface area contributed by atoms with Crippen LogP contribution in [0.1, 0.15) is 12.5 Å². The van der Waals surface area contributed by atoms with E-state index >= 15 is 0 Å². The minimum Gasteiger partial charge on any atom is -0.412 e. The van der Waals surface area contributed by atoms with Gasteiger partial charge in [-0.05, 0) is 18.6 Å². The number of hydrogen-bond acceptors (Lipinski definition) is 4. The topological polar surface area (TPSA) is 103 Å². The maximum absolute atomic E-state index is 9.13. The number of nitrogens with two attached hydrogens (primary N) is 1. The van der Waals surface area contributed by atoms with Gasteiger partial charge in [-0.25, -0.2) is 10.8 Å². The summed E-state index contributed by atoms with van der Waals surface area (Å²) < 4.78 is 0. The third-order valence-corrected chi connectivity index (χ3v) is 1.54. The molecule has 82 valence electrons. The molecule has 0 amide bonds. The monoisotopic (exact) mass is 221 g/mol. The van der Waals surface area contributed by atoms with E-state index in [1.165, 1.54) is 0 Å². The minimum atomic E-state index is -0.374. The zero-order valence-electron chi connectivity index (χ0n) is 7.90. The Morgan fingerprint density at radius 2 is 2.29 bits per heavy atom. The summed E-state index contributed by atoms with van der Waals surface area (Å²) in [4.78, 5) is 4.00. The summed E-state index contributed by atoms with van der Waals surface area (Å²) in [5, 5.41) is 9.13. The SMILES string of the molecule is CC(O)Cc1cccnc1NN.Cl.O. The first kappa shape index (κ1) is 15.6. The lowest BCUT2D eigenvalue weighted by Gasteiger charge is -2.08. The van der Waals surface area contributed by atoms with Crippen molar-refractivity contribution in [2.45, 2.75) is 19.4 Å². The maximum atomic E-state index is 9.13. The van der Waals surface area contributed by atoms with Gasteiger partial charge in [0.2, 0.25) is 0 Å². The van der Waals surface area contributed by atoms with E-state index in [1.807, 2.05) is 12.1 Å². The van der Waals surface area contributed by atoms with Crippen LogP contribution in [-0.4, -0.2) is 21.7 Å². The second kappa shape index (κ2) is 7.52. The van der Waals surface area contributed by atoms with Crippen molar-refractivity contribution in [2.75, 3.05) is 5.43 Å². The van der Waals surface area contributed by atoms with E-state index in [1.54, 1.807) is 13.1 Å². The summed E-state index contributed by atoms with van der Waals surface area (Å²) in [5.41, 5.74) is 3.40. The highest BCUT2D eigenvalue weighted by atomic mass is 35.5. The molecule has 0 fully saturated rings. The molecule has 1 aromatic rings. The maximum Gasteiger partial charge on any atom is 0.143 e. The molecule has 6 N–H and O–H groups in total. The van der Waals surface area contributed by atoms with Crippen molar-refractivity contribution in [1.82, 2.24) is 4.98 Å². The van der Waals surface area contributed by atoms with E-state index in [4.69, 9.17) is 10.9 Å². The Balaban J connectivity index is 0. The van der Waals surface area contributed by atoms with Crippen molar-refractivity contribution < 1.29 is 10.6 Å². The molecular formula is C8H16ClN3O2. The first-order valence-corrected chi connectivity index (χ1v) is 3.82. The van der Waals surface area contributed by atoms with Crippen LogP contribution in [-0.2, 0) is 6.42 Å². The molecule has 1 atom stereocenters. The Hall–Kier alpha value is -0.880. The summed E-state index contributed by atoms with van der Waals surface area (Å²) in [6.45, 7) is 1.73. The number of rotatable bonds is 3. The van der Waals surface area contributed by atoms with Crippen LogP contribution in [0.3, 0.4) is 0 Å². The van der Waals surface area contributed by atoms with Gasteiger partial charge in [-0.15, -0.1) is 12.4 Å². The third-order valence-electron chi connectivity index (χ3n) is 1.54. The molecule has 0 saturated heterocycles. The molecule has 0 aliphatic carbocycles. The third kappa shape index (κ3) is 4.38. The highest BCUT2D eigenvalue weighted by molar-refractivity contribution is 5.85.